The average Bonchev–Trinajstić information content (AvgIpc) is 2.70. The molecule has 21 heavy (non-hydrogen) atoms. The molecular formula is C15H21ClN2O2S. The number of nitrogens with one attached hydrogen (secondary N) is 1. The van der Waals surface area contributed by atoms with Gasteiger partial charge in [-0.05, 0) is 31.0 Å². The van der Waals surface area contributed by atoms with Gasteiger partial charge in [-0.3, -0.25) is 14.3 Å². The molecule has 3 unspecified atom stereocenters. The number of amides is 1. The molecule has 1 fully saturated rings. The lowest BCUT2D eigenvalue weighted by atomic mass is 9.99. The summed E-state index contributed by atoms with van der Waals surface area (Å²) in [6, 6.07) is 7.51. The fourth-order valence-corrected chi connectivity index (χ4v) is 3.18. The Balaban J connectivity index is 2.32. The van der Waals surface area contributed by atoms with Crippen molar-refractivity contribution in [2.75, 3.05) is 18.6 Å². The lowest BCUT2D eigenvalue weighted by Crippen LogP contribution is -2.43. The number of benzene rings is 1. The minimum Gasteiger partial charge on any atom is -0.320 e. The first-order valence-corrected chi connectivity index (χ1v) is 9.12. The van der Waals surface area contributed by atoms with Gasteiger partial charge in [-0.25, -0.2) is 0 Å². The minimum atomic E-state index is -0.927. The van der Waals surface area contributed by atoms with E-state index in [1.165, 1.54) is 0 Å². The van der Waals surface area contributed by atoms with Crippen molar-refractivity contribution in [3.8, 4) is 0 Å². The molecule has 1 amide bonds. The summed E-state index contributed by atoms with van der Waals surface area (Å²) in [7, 11) is -0.927. The molecule has 0 bridgehead atoms. The Morgan fingerprint density at radius 1 is 1.48 bits per heavy atom. The largest absolute Gasteiger partial charge is 0.320 e. The van der Waals surface area contributed by atoms with Gasteiger partial charge in [0.15, 0.2) is 0 Å². The highest BCUT2D eigenvalue weighted by Gasteiger charge is 2.46. The lowest BCUT2D eigenvalue weighted by Gasteiger charge is -2.24. The molecule has 1 aromatic carbocycles. The van der Waals surface area contributed by atoms with E-state index >= 15 is 0 Å². The first-order chi connectivity index (χ1) is 9.87. The van der Waals surface area contributed by atoms with E-state index in [4.69, 9.17) is 11.6 Å². The van der Waals surface area contributed by atoms with E-state index in [1.807, 2.05) is 38.1 Å². The molecule has 116 valence electrons. The van der Waals surface area contributed by atoms with E-state index in [0.29, 0.717) is 23.7 Å². The van der Waals surface area contributed by atoms with Gasteiger partial charge in [-0.1, -0.05) is 30.7 Å². The van der Waals surface area contributed by atoms with Crippen molar-refractivity contribution in [2.45, 2.75) is 32.0 Å². The molecule has 0 saturated carbocycles. The predicted octanol–water partition coefficient (Wildman–Crippen LogP) is 2.32. The Labute approximate surface area is 133 Å². The third kappa shape index (κ3) is 3.47. The van der Waals surface area contributed by atoms with Crippen molar-refractivity contribution in [1.82, 2.24) is 10.2 Å². The maximum atomic E-state index is 12.7. The Kier molecular flexibility index (Phi) is 5.07. The molecule has 1 N–H and O–H groups in total. The number of carbonyl (C=O) groups is 1. The fourth-order valence-electron chi connectivity index (χ4n) is 2.53. The quantitative estimate of drug-likeness (QED) is 0.902. The molecule has 3 atom stereocenters. The average molecular weight is 329 g/mol. The summed E-state index contributed by atoms with van der Waals surface area (Å²) in [5, 5.41) is 4.05. The van der Waals surface area contributed by atoms with Crippen molar-refractivity contribution in [1.29, 1.82) is 0 Å². The molecule has 1 saturated heterocycles. The van der Waals surface area contributed by atoms with Crippen molar-refractivity contribution < 1.29 is 9.00 Å². The third-order valence-corrected chi connectivity index (χ3v) is 4.98. The van der Waals surface area contributed by atoms with Gasteiger partial charge in [-0.15, -0.1) is 0 Å². The van der Waals surface area contributed by atoms with Crippen LogP contribution in [0, 0.1) is 0 Å². The molecule has 2 rings (SSSR count). The van der Waals surface area contributed by atoms with Gasteiger partial charge in [0.2, 0.25) is 5.91 Å². The van der Waals surface area contributed by atoms with Gasteiger partial charge in [0.05, 0.1) is 5.54 Å². The Morgan fingerprint density at radius 2 is 2.19 bits per heavy atom. The summed E-state index contributed by atoms with van der Waals surface area (Å²) in [6.07, 6.45) is 2.14. The second-order valence-corrected chi connectivity index (χ2v) is 7.55. The molecule has 0 aliphatic carbocycles. The van der Waals surface area contributed by atoms with Crippen LogP contribution < -0.4 is 5.32 Å². The Bertz CT molecular complexity index is 566. The fraction of sp³-hybridized carbons (Fsp3) is 0.533. The highest BCUT2D eigenvalue weighted by Crippen LogP contribution is 2.33. The molecule has 1 heterocycles. The number of nitrogens with zero attached hydrogens (tertiary/aromatic N) is 1. The summed E-state index contributed by atoms with van der Waals surface area (Å²) in [6.45, 7) is 4.37. The van der Waals surface area contributed by atoms with Crippen LogP contribution >= 0.6 is 11.6 Å². The number of hydrogen-bond donors (Lipinski definition) is 1. The molecule has 0 spiro atoms. The van der Waals surface area contributed by atoms with E-state index in [9.17, 15) is 9.00 Å². The van der Waals surface area contributed by atoms with Gasteiger partial charge in [-0.2, -0.15) is 0 Å². The standard InChI is InChI=1S/C15H21ClN2O2S/c1-4-15(2)14(19)18(8-9-21(3)20)13(17-15)11-6-5-7-12(16)10-11/h5-7,10,13,17H,4,8-9H2,1-3H3. The highest BCUT2D eigenvalue weighted by molar-refractivity contribution is 7.84. The van der Waals surface area contributed by atoms with Crippen LogP contribution in [0.25, 0.3) is 0 Å². The maximum Gasteiger partial charge on any atom is 0.244 e. The van der Waals surface area contributed by atoms with Gasteiger partial charge < -0.3 is 4.90 Å². The van der Waals surface area contributed by atoms with Crippen LogP contribution in [0.15, 0.2) is 24.3 Å². The second-order valence-electron chi connectivity index (χ2n) is 5.56. The first-order valence-electron chi connectivity index (χ1n) is 7.01. The smallest absolute Gasteiger partial charge is 0.244 e. The summed E-state index contributed by atoms with van der Waals surface area (Å²) < 4.78 is 11.4. The zero-order valence-corrected chi connectivity index (χ0v) is 14.1. The second kappa shape index (κ2) is 6.46. The molecule has 6 heteroatoms. The van der Waals surface area contributed by atoms with Gasteiger partial charge in [0, 0.05) is 34.4 Å². The lowest BCUT2D eigenvalue weighted by molar-refractivity contribution is -0.132. The van der Waals surface area contributed by atoms with Gasteiger partial charge in [0.1, 0.15) is 6.17 Å². The van der Waals surface area contributed by atoms with Gasteiger partial charge in [0.25, 0.3) is 0 Å². The van der Waals surface area contributed by atoms with E-state index in [2.05, 4.69) is 5.32 Å². The minimum absolute atomic E-state index is 0.0559. The molecule has 0 radical (unpaired) electrons. The SMILES string of the molecule is CCC1(C)NC(c2cccc(Cl)c2)N(CCS(C)=O)C1=O. The van der Waals surface area contributed by atoms with Gasteiger partial charge >= 0.3 is 0 Å². The summed E-state index contributed by atoms with van der Waals surface area (Å²) in [4.78, 5) is 14.4. The number of hydrogen-bond acceptors (Lipinski definition) is 3. The van der Waals surface area contributed by atoms with Crippen molar-refractivity contribution in [2.24, 2.45) is 0 Å². The Hall–Kier alpha value is -0.910. The molecule has 0 aromatic heterocycles. The third-order valence-electron chi connectivity index (χ3n) is 3.99. The van der Waals surface area contributed by atoms with Crippen LogP contribution in [0.4, 0.5) is 0 Å². The number of rotatable bonds is 5. The molecule has 1 aromatic rings. The maximum absolute atomic E-state index is 12.7. The molecular weight excluding hydrogens is 308 g/mol. The summed E-state index contributed by atoms with van der Waals surface area (Å²) in [5.74, 6) is 0.532. The Morgan fingerprint density at radius 3 is 2.76 bits per heavy atom. The molecule has 1 aliphatic heterocycles. The summed E-state index contributed by atoms with van der Waals surface area (Å²) in [5.41, 5.74) is 0.372. The van der Waals surface area contributed by atoms with Crippen molar-refractivity contribution >= 4 is 28.3 Å². The number of carbonyl (C=O) groups excluding carboxylic acids is 1. The zero-order valence-electron chi connectivity index (χ0n) is 12.6. The zero-order chi connectivity index (χ0) is 15.6. The van der Waals surface area contributed by atoms with Crippen LogP contribution in [0.5, 0.6) is 0 Å². The molecule has 4 nitrogen and oxygen atoms in total. The van der Waals surface area contributed by atoms with Crippen LogP contribution in [-0.2, 0) is 15.6 Å². The summed E-state index contributed by atoms with van der Waals surface area (Å²) >= 11 is 6.06. The van der Waals surface area contributed by atoms with Crippen molar-refractivity contribution in [3.05, 3.63) is 34.9 Å². The van der Waals surface area contributed by atoms with Crippen LogP contribution in [0.3, 0.4) is 0 Å². The normalized spacial score (nSPS) is 27.1. The number of halogens is 1. The van der Waals surface area contributed by atoms with Crippen LogP contribution in [0.1, 0.15) is 32.0 Å². The highest BCUT2D eigenvalue weighted by atomic mass is 35.5. The van der Waals surface area contributed by atoms with E-state index in [-0.39, 0.29) is 12.1 Å². The van der Waals surface area contributed by atoms with Crippen LogP contribution in [-0.4, -0.2) is 39.1 Å². The topological polar surface area (TPSA) is 49.4 Å². The van der Waals surface area contributed by atoms with E-state index in [0.717, 1.165) is 5.56 Å². The van der Waals surface area contributed by atoms with Crippen molar-refractivity contribution in [3.63, 3.8) is 0 Å². The van der Waals surface area contributed by atoms with E-state index < -0.39 is 16.3 Å². The van der Waals surface area contributed by atoms with E-state index in [1.54, 1.807) is 11.2 Å². The predicted molar refractivity (Wildman–Crippen MR) is 86.7 cm³/mol. The van der Waals surface area contributed by atoms with Crippen LogP contribution in [0.2, 0.25) is 5.02 Å². The first kappa shape index (κ1) is 16.5. The molecule has 1 aliphatic rings. The monoisotopic (exact) mass is 328 g/mol.